The van der Waals surface area contributed by atoms with Gasteiger partial charge in [-0.2, -0.15) is 0 Å². The molecule has 2 N–H and O–H groups in total. The zero-order valence-electron chi connectivity index (χ0n) is 19.7. The minimum Gasteiger partial charge on any atom is -0.481 e. The van der Waals surface area contributed by atoms with Gasteiger partial charge in [-0.3, -0.25) is 9.59 Å². The van der Waals surface area contributed by atoms with Gasteiger partial charge in [-0.05, 0) is 54.4 Å². The molecule has 0 bridgehead atoms. The predicted octanol–water partition coefficient (Wildman–Crippen LogP) is 4.41. The lowest BCUT2D eigenvalue weighted by Gasteiger charge is -2.39. The van der Waals surface area contributed by atoms with Crippen LogP contribution in [-0.2, 0) is 14.3 Å². The molecule has 180 valence electrons. The van der Waals surface area contributed by atoms with Crippen molar-refractivity contribution in [1.29, 1.82) is 0 Å². The fourth-order valence-electron chi connectivity index (χ4n) is 5.15. The van der Waals surface area contributed by atoms with Crippen molar-refractivity contribution < 1.29 is 24.2 Å². The number of carboxylic acid groups (broad SMARTS) is 1. The van der Waals surface area contributed by atoms with E-state index in [9.17, 15) is 14.4 Å². The fraction of sp³-hybridized carbons (Fsp3) is 0.444. The van der Waals surface area contributed by atoms with Crippen molar-refractivity contribution in [2.24, 2.45) is 5.92 Å². The van der Waals surface area contributed by atoms with Crippen LogP contribution < -0.4 is 5.32 Å². The van der Waals surface area contributed by atoms with Crippen molar-refractivity contribution in [2.45, 2.75) is 57.5 Å². The maximum absolute atomic E-state index is 13.3. The molecule has 2 amide bonds. The minimum absolute atomic E-state index is 0.0238. The molecule has 7 heteroatoms. The number of benzene rings is 2. The first-order valence-corrected chi connectivity index (χ1v) is 12.0. The summed E-state index contributed by atoms with van der Waals surface area (Å²) in [5, 5.41) is 11.8. The number of ether oxygens (including phenoxy) is 1. The third kappa shape index (κ3) is 4.93. The Morgan fingerprint density at radius 2 is 1.68 bits per heavy atom. The molecule has 1 aliphatic carbocycles. The molecule has 1 saturated heterocycles. The molecule has 2 aromatic carbocycles. The summed E-state index contributed by atoms with van der Waals surface area (Å²) in [5.74, 6) is -0.984. The summed E-state index contributed by atoms with van der Waals surface area (Å²) in [6.45, 7) is 4.86. The molecule has 0 radical (unpaired) electrons. The number of piperidine rings is 1. The van der Waals surface area contributed by atoms with Crippen molar-refractivity contribution in [3.05, 3.63) is 59.7 Å². The number of hydrogen-bond donors (Lipinski definition) is 2. The molecule has 4 rings (SSSR count). The van der Waals surface area contributed by atoms with Crippen LogP contribution in [0.15, 0.2) is 48.5 Å². The highest BCUT2D eigenvalue weighted by Gasteiger charge is 2.34. The Bertz CT molecular complexity index is 1020. The monoisotopic (exact) mass is 464 g/mol. The lowest BCUT2D eigenvalue weighted by molar-refractivity contribution is -0.139. The smallest absolute Gasteiger partial charge is 0.407 e. The van der Waals surface area contributed by atoms with E-state index in [1.165, 1.54) is 0 Å². The summed E-state index contributed by atoms with van der Waals surface area (Å²) < 4.78 is 5.59. The van der Waals surface area contributed by atoms with Gasteiger partial charge in [0, 0.05) is 24.9 Å². The fourth-order valence-corrected chi connectivity index (χ4v) is 5.15. The molecule has 1 fully saturated rings. The molecular formula is C27H32N2O5. The number of carboxylic acids is 1. The van der Waals surface area contributed by atoms with Crippen LogP contribution in [0.25, 0.3) is 11.1 Å². The SMILES string of the molecule is CC1CCCN(C(=O)C(CCC(=O)O)NC(=O)OCC2c3ccccc3-c3ccccc32)C1C. The lowest BCUT2D eigenvalue weighted by Crippen LogP contribution is -2.54. The standard InChI is InChI=1S/C27H32N2O5/c1-17-8-7-15-29(18(17)2)26(32)24(13-14-25(30)31)28-27(33)34-16-23-21-11-5-3-9-19(21)20-10-4-6-12-22(20)23/h3-6,9-12,17-18,23-24H,7-8,13-16H2,1-2H3,(H,28,33)(H,30,31). The van der Waals surface area contributed by atoms with E-state index in [-0.39, 0.29) is 37.3 Å². The Hall–Kier alpha value is -3.35. The Morgan fingerprint density at radius 3 is 2.29 bits per heavy atom. The summed E-state index contributed by atoms with van der Waals surface area (Å²) >= 11 is 0. The van der Waals surface area contributed by atoms with E-state index >= 15 is 0 Å². The van der Waals surface area contributed by atoms with E-state index in [1.807, 2.05) is 43.3 Å². The summed E-state index contributed by atoms with van der Waals surface area (Å²) in [7, 11) is 0. The Morgan fingerprint density at radius 1 is 1.06 bits per heavy atom. The van der Waals surface area contributed by atoms with Gasteiger partial charge in [0.05, 0.1) is 0 Å². The van der Waals surface area contributed by atoms with Crippen molar-refractivity contribution in [3.63, 3.8) is 0 Å². The summed E-state index contributed by atoms with van der Waals surface area (Å²) in [4.78, 5) is 39.0. The molecule has 3 unspecified atom stereocenters. The average molecular weight is 465 g/mol. The molecule has 0 spiro atoms. The summed E-state index contributed by atoms with van der Waals surface area (Å²) in [6.07, 6.45) is 1.05. The molecule has 34 heavy (non-hydrogen) atoms. The van der Waals surface area contributed by atoms with Crippen molar-refractivity contribution in [1.82, 2.24) is 10.2 Å². The quantitative estimate of drug-likeness (QED) is 0.633. The van der Waals surface area contributed by atoms with Crippen LogP contribution >= 0.6 is 0 Å². The third-order valence-electron chi connectivity index (χ3n) is 7.24. The first kappa shape index (κ1) is 23.8. The van der Waals surface area contributed by atoms with Crippen LogP contribution in [0.1, 0.15) is 56.6 Å². The van der Waals surface area contributed by atoms with E-state index in [1.54, 1.807) is 4.90 Å². The maximum atomic E-state index is 13.3. The molecule has 2 aliphatic rings. The maximum Gasteiger partial charge on any atom is 0.407 e. The number of alkyl carbamates (subject to hydrolysis) is 1. The lowest BCUT2D eigenvalue weighted by atomic mass is 9.91. The predicted molar refractivity (Wildman–Crippen MR) is 128 cm³/mol. The van der Waals surface area contributed by atoms with Gasteiger partial charge in [0.15, 0.2) is 0 Å². The van der Waals surface area contributed by atoms with E-state index < -0.39 is 18.1 Å². The molecule has 3 atom stereocenters. The van der Waals surface area contributed by atoms with Crippen LogP contribution in [0.3, 0.4) is 0 Å². The first-order chi connectivity index (χ1) is 16.4. The second kappa shape index (κ2) is 10.3. The number of rotatable bonds is 7. The van der Waals surface area contributed by atoms with Gasteiger partial charge in [-0.15, -0.1) is 0 Å². The van der Waals surface area contributed by atoms with Gasteiger partial charge in [0.1, 0.15) is 12.6 Å². The molecule has 0 saturated carbocycles. The number of hydrogen-bond acceptors (Lipinski definition) is 4. The molecule has 7 nitrogen and oxygen atoms in total. The number of amides is 2. The zero-order chi connectivity index (χ0) is 24.2. The number of carbonyl (C=O) groups is 3. The van der Waals surface area contributed by atoms with E-state index in [0.29, 0.717) is 12.5 Å². The van der Waals surface area contributed by atoms with Crippen molar-refractivity contribution >= 4 is 18.0 Å². The van der Waals surface area contributed by atoms with Crippen LogP contribution in [0.4, 0.5) is 4.79 Å². The van der Waals surface area contributed by atoms with Gasteiger partial charge in [-0.25, -0.2) is 4.79 Å². The Labute approximate surface area is 200 Å². The van der Waals surface area contributed by atoms with Gasteiger partial charge in [0.2, 0.25) is 5.91 Å². The molecule has 0 aromatic heterocycles. The summed E-state index contributed by atoms with van der Waals surface area (Å²) in [5.41, 5.74) is 4.47. The Kier molecular flexibility index (Phi) is 7.20. The molecule has 2 aromatic rings. The van der Waals surface area contributed by atoms with E-state index in [2.05, 4.69) is 24.4 Å². The van der Waals surface area contributed by atoms with Gasteiger partial charge in [-0.1, -0.05) is 55.5 Å². The van der Waals surface area contributed by atoms with E-state index in [0.717, 1.165) is 35.1 Å². The number of likely N-dealkylation sites (tertiary alicyclic amines) is 1. The van der Waals surface area contributed by atoms with Crippen LogP contribution in [0.2, 0.25) is 0 Å². The summed E-state index contributed by atoms with van der Waals surface area (Å²) in [6, 6.07) is 15.2. The number of fused-ring (bicyclic) bond motifs is 3. The molecule has 1 heterocycles. The zero-order valence-corrected chi connectivity index (χ0v) is 19.7. The minimum atomic E-state index is -1.01. The van der Waals surface area contributed by atoms with Crippen LogP contribution in [0, 0.1) is 5.92 Å². The van der Waals surface area contributed by atoms with Crippen molar-refractivity contribution in [3.8, 4) is 11.1 Å². The first-order valence-electron chi connectivity index (χ1n) is 12.0. The van der Waals surface area contributed by atoms with E-state index in [4.69, 9.17) is 9.84 Å². The third-order valence-corrected chi connectivity index (χ3v) is 7.24. The number of carbonyl (C=O) groups excluding carboxylic acids is 2. The van der Waals surface area contributed by atoms with Crippen molar-refractivity contribution in [2.75, 3.05) is 13.2 Å². The highest BCUT2D eigenvalue weighted by molar-refractivity contribution is 5.86. The topological polar surface area (TPSA) is 95.9 Å². The number of nitrogens with zero attached hydrogens (tertiary/aromatic N) is 1. The molecule has 1 aliphatic heterocycles. The molecular weight excluding hydrogens is 432 g/mol. The highest BCUT2D eigenvalue weighted by Crippen LogP contribution is 2.44. The average Bonchev–Trinajstić information content (AvgIpc) is 3.15. The largest absolute Gasteiger partial charge is 0.481 e. The second-order valence-corrected chi connectivity index (χ2v) is 9.35. The van der Waals surface area contributed by atoms with Crippen LogP contribution in [0.5, 0.6) is 0 Å². The highest BCUT2D eigenvalue weighted by atomic mass is 16.5. The Balaban J connectivity index is 1.44. The van der Waals surface area contributed by atoms with Gasteiger partial charge >= 0.3 is 12.1 Å². The number of nitrogens with one attached hydrogen (secondary N) is 1. The van der Waals surface area contributed by atoms with Crippen LogP contribution in [-0.4, -0.2) is 53.2 Å². The van der Waals surface area contributed by atoms with Gasteiger partial charge in [0.25, 0.3) is 0 Å². The second-order valence-electron chi connectivity index (χ2n) is 9.35. The number of aliphatic carboxylic acids is 1. The normalized spacial score (nSPS) is 20.2. The van der Waals surface area contributed by atoms with Gasteiger partial charge < -0.3 is 20.1 Å².